The molecule has 13 heteroatoms. The maximum Gasteiger partial charge on any atom is 0.252 e. The van der Waals surface area contributed by atoms with Gasteiger partial charge in [-0.05, 0) is 50.0 Å². The van der Waals surface area contributed by atoms with Gasteiger partial charge in [0, 0.05) is 46.4 Å². The molecule has 1 atom stereocenters. The Morgan fingerprint density at radius 3 is 2.63 bits per heavy atom. The number of sulfonamides is 2. The Morgan fingerprint density at radius 1 is 1.14 bits per heavy atom. The van der Waals surface area contributed by atoms with Gasteiger partial charge in [-0.2, -0.15) is 4.31 Å². The number of piperidine rings is 1. The van der Waals surface area contributed by atoms with E-state index in [4.69, 9.17) is 9.72 Å². The van der Waals surface area contributed by atoms with Crippen LogP contribution in [0.3, 0.4) is 0 Å². The molecular formula is C22H33N5O5S3. The summed E-state index contributed by atoms with van der Waals surface area (Å²) in [7, 11) is -4.94. The summed E-state index contributed by atoms with van der Waals surface area (Å²) in [4.78, 5) is 11.4. The Balaban J connectivity index is 1.21. The first-order valence-electron chi connectivity index (χ1n) is 12.2. The van der Waals surface area contributed by atoms with Crippen molar-refractivity contribution >= 4 is 47.5 Å². The number of fused-ring (bicyclic) bond motifs is 1. The van der Waals surface area contributed by atoms with Crippen molar-refractivity contribution in [2.45, 2.75) is 36.3 Å². The number of methoxy groups -OCH3 is 1. The van der Waals surface area contributed by atoms with E-state index in [-0.39, 0.29) is 11.7 Å². The average molecular weight is 544 g/mol. The van der Waals surface area contributed by atoms with Gasteiger partial charge in [0.25, 0.3) is 10.0 Å². The molecule has 3 aliphatic heterocycles. The smallest absolute Gasteiger partial charge is 0.252 e. The first-order chi connectivity index (χ1) is 16.8. The third-order valence-corrected chi connectivity index (χ3v) is 12.7. The first-order valence-corrected chi connectivity index (χ1v) is 16.1. The zero-order chi connectivity index (χ0) is 24.6. The molecule has 0 radical (unpaired) electrons. The molecule has 0 aliphatic carbocycles. The maximum absolute atomic E-state index is 13.2. The molecule has 1 unspecified atom stereocenters. The van der Waals surface area contributed by atoms with E-state index in [1.54, 1.807) is 28.0 Å². The second-order valence-electron chi connectivity index (χ2n) is 9.75. The second kappa shape index (κ2) is 10.2. The van der Waals surface area contributed by atoms with Crippen molar-refractivity contribution in [2.75, 3.05) is 63.6 Å². The van der Waals surface area contributed by atoms with Gasteiger partial charge in [-0.25, -0.2) is 31.1 Å². The van der Waals surface area contributed by atoms with Crippen LogP contribution in [0.25, 0.3) is 10.2 Å². The summed E-state index contributed by atoms with van der Waals surface area (Å²) in [5.74, 6) is 1.63. The van der Waals surface area contributed by atoms with Crippen LogP contribution in [0.5, 0.6) is 0 Å². The van der Waals surface area contributed by atoms with Gasteiger partial charge in [-0.1, -0.05) is 0 Å². The van der Waals surface area contributed by atoms with E-state index in [0.717, 1.165) is 49.9 Å². The van der Waals surface area contributed by atoms with E-state index < -0.39 is 20.0 Å². The summed E-state index contributed by atoms with van der Waals surface area (Å²) in [6, 6.07) is 1.67. The normalized spacial score (nSPS) is 24.6. The standard InChI is InChI=1S/C22H33N5O5S3/c1-32-16-18-6-11-27(15-18)35(30,31)21-13-19-20(33-21)14-23-22(24-19)25-8-3-17(4-9-25)5-10-26-7-2-12-34(26,28)29/h13-14,17-18H,2-12,15-16H2,1H3. The lowest BCUT2D eigenvalue weighted by Gasteiger charge is -2.32. The molecule has 2 aromatic rings. The number of thiophene rings is 1. The first kappa shape index (κ1) is 25.3. The number of nitrogens with zero attached hydrogens (tertiary/aromatic N) is 5. The van der Waals surface area contributed by atoms with Gasteiger partial charge < -0.3 is 9.64 Å². The molecule has 5 heterocycles. The maximum atomic E-state index is 13.2. The van der Waals surface area contributed by atoms with Crippen molar-refractivity contribution in [3.8, 4) is 0 Å². The van der Waals surface area contributed by atoms with Gasteiger partial charge in [0.1, 0.15) is 4.21 Å². The summed E-state index contributed by atoms with van der Waals surface area (Å²) >= 11 is 1.22. The monoisotopic (exact) mass is 543 g/mol. The fourth-order valence-corrected chi connectivity index (χ4v) is 9.81. The van der Waals surface area contributed by atoms with E-state index in [1.807, 2.05) is 0 Å². The number of anilines is 1. The molecule has 0 N–H and O–H groups in total. The Morgan fingerprint density at radius 2 is 1.91 bits per heavy atom. The third kappa shape index (κ3) is 5.35. The van der Waals surface area contributed by atoms with Gasteiger partial charge >= 0.3 is 0 Å². The fraction of sp³-hybridized carbons (Fsp3) is 0.727. The molecule has 2 aromatic heterocycles. The van der Waals surface area contributed by atoms with Gasteiger partial charge in [0.2, 0.25) is 16.0 Å². The number of hydrogen-bond acceptors (Lipinski definition) is 9. The molecule has 35 heavy (non-hydrogen) atoms. The molecule has 5 rings (SSSR count). The van der Waals surface area contributed by atoms with Crippen molar-refractivity contribution < 1.29 is 21.6 Å². The van der Waals surface area contributed by atoms with Crippen LogP contribution in [0.2, 0.25) is 0 Å². The lowest BCUT2D eigenvalue weighted by atomic mass is 9.94. The van der Waals surface area contributed by atoms with Crippen LogP contribution in [0, 0.1) is 11.8 Å². The highest BCUT2D eigenvalue weighted by Gasteiger charge is 2.34. The molecule has 0 amide bonds. The zero-order valence-corrected chi connectivity index (χ0v) is 22.5. The summed E-state index contributed by atoms with van der Waals surface area (Å²) < 4.78 is 59.8. The quantitative estimate of drug-likeness (QED) is 0.497. The molecule has 0 saturated carbocycles. The van der Waals surface area contributed by atoms with E-state index in [0.29, 0.717) is 54.4 Å². The minimum atomic E-state index is -3.55. The molecule has 0 bridgehead atoms. The zero-order valence-electron chi connectivity index (χ0n) is 20.0. The SMILES string of the molecule is COCC1CCN(S(=O)(=O)c2cc3nc(N4CCC(CCN5CCCS5(=O)=O)CC4)ncc3s2)C1. The third-order valence-electron chi connectivity index (χ3n) is 7.37. The van der Waals surface area contributed by atoms with E-state index in [9.17, 15) is 16.8 Å². The summed E-state index contributed by atoms with van der Waals surface area (Å²) in [6.45, 7) is 4.46. The van der Waals surface area contributed by atoms with Crippen LogP contribution in [-0.4, -0.2) is 94.2 Å². The van der Waals surface area contributed by atoms with E-state index in [2.05, 4.69) is 9.88 Å². The highest BCUT2D eigenvalue weighted by atomic mass is 32.2. The van der Waals surface area contributed by atoms with Crippen molar-refractivity contribution in [2.24, 2.45) is 11.8 Å². The number of hydrogen-bond donors (Lipinski definition) is 0. The highest BCUT2D eigenvalue weighted by molar-refractivity contribution is 7.91. The summed E-state index contributed by atoms with van der Waals surface area (Å²) in [5, 5.41) is 0. The largest absolute Gasteiger partial charge is 0.384 e. The van der Waals surface area contributed by atoms with Crippen LogP contribution in [-0.2, 0) is 24.8 Å². The molecular weight excluding hydrogens is 510 g/mol. The highest BCUT2D eigenvalue weighted by Crippen LogP contribution is 2.33. The summed E-state index contributed by atoms with van der Waals surface area (Å²) in [6.07, 6.45) is 6.10. The fourth-order valence-electron chi connectivity index (χ4n) is 5.29. The topological polar surface area (TPSA) is 113 Å². The lowest BCUT2D eigenvalue weighted by Crippen LogP contribution is -2.36. The number of ether oxygens (including phenoxy) is 1. The Bertz CT molecular complexity index is 1260. The summed E-state index contributed by atoms with van der Waals surface area (Å²) in [5.41, 5.74) is 0.660. The van der Waals surface area contributed by atoms with Crippen molar-refractivity contribution in [3.05, 3.63) is 12.3 Å². The van der Waals surface area contributed by atoms with Crippen molar-refractivity contribution in [1.82, 2.24) is 18.6 Å². The Kier molecular flexibility index (Phi) is 7.35. The van der Waals surface area contributed by atoms with E-state index >= 15 is 0 Å². The van der Waals surface area contributed by atoms with Gasteiger partial charge in [-0.3, -0.25) is 0 Å². The van der Waals surface area contributed by atoms with Crippen LogP contribution >= 0.6 is 11.3 Å². The molecule has 3 saturated heterocycles. The molecule has 3 fully saturated rings. The minimum Gasteiger partial charge on any atom is -0.384 e. The van der Waals surface area contributed by atoms with Crippen LogP contribution < -0.4 is 4.90 Å². The predicted octanol–water partition coefficient (Wildman–Crippen LogP) is 1.99. The molecule has 10 nitrogen and oxygen atoms in total. The molecule has 194 valence electrons. The van der Waals surface area contributed by atoms with E-state index in [1.165, 1.54) is 11.3 Å². The second-order valence-corrected chi connectivity index (χ2v) is 15.1. The van der Waals surface area contributed by atoms with Gasteiger partial charge in [0.05, 0.1) is 28.8 Å². The predicted molar refractivity (Wildman–Crippen MR) is 136 cm³/mol. The van der Waals surface area contributed by atoms with Crippen LogP contribution in [0.15, 0.2) is 16.5 Å². The van der Waals surface area contributed by atoms with Gasteiger partial charge in [0.15, 0.2) is 0 Å². The Hall–Kier alpha value is -1.38. The number of aromatic nitrogens is 2. The molecule has 3 aliphatic rings. The van der Waals surface area contributed by atoms with Crippen LogP contribution in [0.4, 0.5) is 5.95 Å². The molecule has 0 aromatic carbocycles. The Labute approximate surface area is 211 Å². The van der Waals surface area contributed by atoms with Crippen LogP contribution in [0.1, 0.15) is 32.1 Å². The lowest BCUT2D eigenvalue weighted by molar-refractivity contribution is 0.157. The van der Waals surface area contributed by atoms with Crippen molar-refractivity contribution in [1.29, 1.82) is 0 Å². The van der Waals surface area contributed by atoms with Gasteiger partial charge in [-0.15, -0.1) is 11.3 Å². The number of rotatable bonds is 8. The van der Waals surface area contributed by atoms with Crippen molar-refractivity contribution in [3.63, 3.8) is 0 Å². The average Bonchev–Trinajstić information content (AvgIpc) is 3.56. The molecule has 0 spiro atoms. The minimum absolute atomic E-state index is 0.234.